The van der Waals surface area contributed by atoms with Crippen LogP contribution >= 0.6 is 11.3 Å². The van der Waals surface area contributed by atoms with Crippen LogP contribution in [-0.4, -0.2) is 12.6 Å². The molecule has 3 heteroatoms. The fourth-order valence-corrected chi connectivity index (χ4v) is 3.50. The average molecular weight is 260 g/mol. The Morgan fingerprint density at radius 3 is 2.83 bits per heavy atom. The minimum absolute atomic E-state index is 0.448. The van der Waals surface area contributed by atoms with Gasteiger partial charge in [-0.2, -0.15) is 0 Å². The molecule has 1 aromatic heterocycles. The first-order chi connectivity index (χ1) is 8.81. The van der Waals surface area contributed by atoms with E-state index in [1.807, 2.05) is 0 Å². The molecular weight excluding hydrogens is 240 g/mol. The molecule has 1 fully saturated rings. The fourth-order valence-electron chi connectivity index (χ4n) is 2.73. The highest BCUT2D eigenvalue weighted by Gasteiger charge is 2.17. The maximum absolute atomic E-state index is 5.94. The molecule has 0 atom stereocenters. The zero-order chi connectivity index (χ0) is 12.4. The third-order valence-corrected chi connectivity index (χ3v) is 4.84. The number of hydrogen-bond donors (Lipinski definition) is 2. The topological polar surface area (TPSA) is 38.0 Å². The smallest absolute Gasteiger partial charge is 0.0347 e. The van der Waals surface area contributed by atoms with E-state index in [0.29, 0.717) is 6.04 Å². The van der Waals surface area contributed by atoms with E-state index in [1.54, 1.807) is 11.3 Å². The van der Waals surface area contributed by atoms with Crippen LogP contribution < -0.4 is 11.1 Å². The molecule has 0 radical (unpaired) electrons. The summed E-state index contributed by atoms with van der Waals surface area (Å²) in [6.07, 6.45) is 4.93. The van der Waals surface area contributed by atoms with Gasteiger partial charge in [-0.3, -0.25) is 0 Å². The number of fused-ring (bicyclic) bond motifs is 1. The van der Waals surface area contributed by atoms with E-state index in [0.717, 1.165) is 12.5 Å². The second-order valence-corrected chi connectivity index (χ2v) is 6.28. The molecule has 0 amide bonds. The first-order valence-corrected chi connectivity index (χ1v) is 7.66. The number of rotatable bonds is 3. The van der Waals surface area contributed by atoms with Gasteiger partial charge in [0, 0.05) is 23.0 Å². The molecule has 1 heterocycles. The van der Waals surface area contributed by atoms with Gasteiger partial charge in [-0.15, -0.1) is 11.3 Å². The third-order valence-electron chi connectivity index (χ3n) is 3.94. The lowest BCUT2D eigenvalue weighted by molar-refractivity contribution is 0.339. The molecule has 0 bridgehead atoms. The van der Waals surface area contributed by atoms with Crippen molar-refractivity contribution in [2.45, 2.75) is 31.7 Å². The van der Waals surface area contributed by atoms with Crippen LogP contribution in [-0.2, 0) is 0 Å². The molecule has 3 rings (SSSR count). The molecule has 1 saturated carbocycles. The van der Waals surface area contributed by atoms with Crippen LogP contribution in [0, 0.1) is 5.92 Å². The van der Waals surface area contributed by atoms with Gasteiger partial charge in [-0.05, 0) is 66.6 Å². The zero-order valence-corrected chi connectivity index (χ0v) is 11.4. The molecule has 1 aliphatic carbocycles. The van der Waals surface area contributed by atoms with Crippen LogP contribution in [0.1, 0.15) is 25.7 Å². The normalized spacial score (nSPS) is 24.3. The van der Waals surface area contributed by atoms with Crippen molar-refractivity contribution in [3.05, 3.63) is 29.6 Å². The molecule has 2 aromatic rings. The molecule has 2 nitrogen and oxygen atoms in total. The third kappa shape index (κ3) is 2.68. The molecule has 0 unspecified atom stereocenters. The maximum Gasteiger partial charge on any atom is 0.0347 e. The quantitative estimate of drug-likeness (QED) is 0.880. The number of benzene rings is 1. The second-order valence-electron chi connectivity index (χ2n) is 5.33. The lowest BCUT2D eigenvalue weighted by Crippen LogP contribution is -2.29. The van der Waals surface area contributed by atoms with Crippen LogP contribution in [0.25, 0.3) is 10.1 Å². The summed E-state index contributed by atoms with van der Waals surface area (Å²) >= 11 is 1.80. The summed E-state index contributed by atoms with van der Waals surface area (Å²) in [5.41, 5.74) is 7.18. The van der Waals surface area contributed by atoms with E-state index in [9.17, 15) is 0 Å². The molecule has 18 heavy (non-hydrogen) atoms. The average Bonchev–Trinajstić information content (AvgIpc) is 2.85. The van der Waals surface area contributed by atoms with Gasteiger partial charge in [0.2, 0.25) is 0 Å². The molecular formula is C15H20N2S. The van der Waals surface area contributed by atoms with Crippen molar-refractivity contribution in [2.75, 3.05) is 11.9 Å². The summed E-state index contributed by atoms with van der Waals surface area (Å²) in [6, 6.07) is 9.28. The van der Waals surface area contributed by atoms with Crippen LogP contribution in [0.2, 0.25) is 0 Å². The van der Waals surface area contributed by atoms with Crippen LogP contribution in [0.4, 0.5) is 5.69 Å². The summed E-state index contributed by atoms with van der Waals surface area (Å²) < 4.78 is 1.36. The van der Waals surface area contributed by atoms with E-state index < -0.39 is 0 Å². The van der Waals surface area contributed by atoms with Crippen molar-refractivity contribution >= 4 is 27.1 Å². The number of thiophene rings is 1. The molecule has 0 aliphatic heterocycles. The van der Waals surface area contributed by atoms with E-state index in [1.165, 1.54) is 41.5 Å². The SMILES string of the molecule is N[C@H]1CC[C@H](CNc2ccc3sccc3c2)CC1. The number of anilines is 1. The standard InChI is InChI=1S/C15H20N2S/c16-13-3-1-11(2-4-13)10-17-14-5-6-15-12(9-14)7-8-18-15/h5-9,11,13,17H,1-4,10,16H2/t11-,13-. The van der Waals surface area contributed by atoms with Crippen LogP contribution in [0.3, 0.4) is 0 Å². The maximum atomic E-state index is 5.94. The molecule has 0 spiro atoms. The zero-order valence-electron chi connectivity index (χ0n) is 10.6. The molecule has 1 aromatic carbocycles. The molecule has 0 saturated heterocycles. The van der Waals surface area contributed by atoms with Crippen molar-refractivity contribution in [2.24, 2.45) is 11.7 Å². The van der Waals surface area contributed by atoms with E-state index in [2.05, 4.69) is 35.0 Å². The minimum Gasteiger partial charge on any atom is -0.385 e. The monoisotopic (exact) mass is 260 g/mol. The molecule has 1 aliphatic rings. The van der Waals surface area contributed by atoms with Crippen LogP contribution in [0.5, 0.6) is 0 Å². The predicted molar refractivity (Wildman–Crippen MR) is 80.2 cm³/mol. The Balaban J connectivity index is 1.59. The first-order valence-electron chi connectivity index (χ1n) is 6.78. The van der Waals surface area contributed by atoms with Gasteiger partial charge in [0.1, 0.15) is 0 Å². The van der Waals surface area contributed by atoms with Gasteiger partial charge in [-0.25, -0.2) is 0 Å². The summed E-state index contributed by atoms with van der Waals surface area (Å²) in [5, 5.41) is 7.07. The summed E-state index contributed by atoms with van der Waals surface area (Å²) in [7, 11) is 0. The largest absolute Gasteiger partial charge is 0.385 e. The summed E-state index contributed by atoms with van der Waals surface area (Å²) in [4.78, 5) is 0. The van der Waals surface area contributed by atoms with Crippen LogP contribution in [0.15, 0.2) is 29.6 Å². The van der Waals surface area contributed by atoms with E-state index >= 15 is 0 Å². The Morgan fingerprint density at radius 2 is 2.00 bits per heavy atom. The van der Waals surface area contributed by atoms with Gasteiger partial charge >= 0.3 is 0 Å². The van der Waals surface area contributed by atoms with Crippen molar-refractivity contribution in [3.63, 3.8) is 0 Å². The first kappa shape index (κ1) is 12.0. The number of nitrogens with one attached hydrogen (secondary N) is 1. The highest BCUT2D eigenvalue weighted by molar-refractivity contribution is 7.17. The van der Waals surface area contributed by atoms with Gasteiger partial charge < -0.3 is 11.1 Å². The van der Waals surface area contributed by atoms with E-state index in [-0.39, 0.29) is 0 Å². The highest BCUT2D eigenvalue weighted by Crippen LogP contribution is 2.26. The highest BCUT2D eigenvalue weighted by atomic mass is 32.1. The lowest BCUT2D eigenvalue weighted by atomic mass is 9.86. The van der Waals surface area contributed by atoms with Crippen molar-refractivity contribution in [1.82, 2.24) is 0 Å². The molecule has 96 valence electrons. The predicted octanol–water partition coefficient (Wildman–Crippen LogP) is 3.83. The second kappa shape index (κ2) is 5.29. The van der Waals surface area contributed by atoms with Gasteiger partial charge in [0.25, 0.3) is 0 Å². The van der Waals surface area contributed by atoms with Crippen molar-refractivity contribution in [1.29, 1.82) is 0 Å². The summed E-state index contributed by atoms with van der Waals surface area (Å²) in [6.45, 7) is 1.09. The molecule has 3 N–H and O–H groups in total. The van der Waals surface area contributed by atoms with Gasteiger partial charge in [-0.1, -0.05) is 0 Å². The van der Waals surface area contributed by atoms with E-state index in [4.69, 9.17) is 5.73 Å². The Labute approximate surface area is 112 Å². The fraction of sp³-hybridized carbons (Fsp3) is 0.467. The Bertz CT molecular complexity index is 512. The van der Waals surface area contributed by atoms with Gasteiger partial charge in [0.15, 0.2) is 0 Å². The number of nitrogens with two attached hydrogens (primary N) is 1. The van der Waals surface area contributed by atoms with Gasteiger partial charge in [0.05, 0.1) is 0 Å². The Morgan fingerprint density at radius 1 is 1.17 bits per heavy atom. The number of hydrogen-bond acceptors (Lipinski definition) is 3. The Kier molecular flexibility index (Phi) is 3.52. The Hall–Kier alpha value is -1.06. The van der Waals surface area contributed by atoms with Crippen molar-refractivity contribution < 1.29 is 0 Å². The minimum atomic E-state index is 0.448. The van der Waals surface area contributed by atoms with Crippen molar-refractivity contribution in [3.8, 4) is 0 Å². The lowest BCUT2D eigenvalue weighted by Gasteiger charge is -2.26. The summed E-state index contributed by atoms with van der Waals surface area (Å²) in [5.74, 6) is 0.794.